The number of rotatable bonds is 8. The molecule has 0 bridgehead atoms. The lowest BCUT2D eigenvalue weighted by molar-refractivity contribution is 0.282. The zero-order valence-electron chi connectivity index (χ0n) is 14.3. The molecule has 0 saturated heterocycles. The van der Waals surface area contributed by atoms with Gasteiger partial charge in [0.2, 0.25) is 0 Å². The first-order valence-electron chi connectivity index (χ1n) is 8.33. The maximum absolute atomic E-state index is 4.65. The molecule has 5 nitrogen and oxygen atoms in total. The lowest BCUT2D eigenvalue weighted by atomic mass is 10.4. The predicted molar refractivity (Wildman–Crippen MR) is 94.7 cm³/mol. The van der Waals surface area contributed by atoms with E-state index in [2.05, 4.69) is 53.2 Å². The molecule has 124 valence electrons. The molecule has 0 aliphatic heterocycles. The van der Waals surface area contributed by atoms with Gasteiger partial charge >= 0.3 is 0 Å². The van der Waals surface area contributed by atoms with Crippen LogP contribution in [-0.2, 0) is 6.54 Å². The van der Waals surface area contributed by atoms with Crippen LogP contribution in [0.4, 0.5) is 0 Å². The summed E-state index contributed by atoms with van der Waals surface area (Å²) in [7, 11) is 0. The normalized spacial score (nSPS) is 15.4. The van der Waals surface area contributed by atoms with Gasteiger partial charge in [-0.1, -0.05) is 6.92 Å². The second kappa shape index (κ2) is 8.48. The maximum atomic E-state index is 4.65. The van der Waals surface area contributed by atoms with E-state index >= 15 is 0 Å². The highest BCUT2D eigenvalue weighted by Gasteiger charge is 2.27. The van der Waals surface area contributed by atoms with E-state index in [1.165, 1.54) is 17.7 Å². The molecule has 0 amide bonds. The Labute approximate surface area is 138 Å². The zero-order chi connectivity index (χ0) is 15.9. The molecule has 0 atom stereocenters. The number of thiazole rings is 1. The standard InChI is InChI=1S/C16H29N5S/c1-5-17-16(18-9-10-21(6-2)14-7-8-14)19-11-15-20-12(3)13(4)22-15/h14H,5-11H2,1-4H3,(H2,17,18,19). The van der Waals surface area contributed by atoms with Gasteiger partial charge in [-0.05, 0) is 40.2 Å². The molecule has 1 fully saturated rings. The molecule has 1 aromatic rings. The summed E-state index contributed by atoms with van der Waals surface area (Å²) < 4.78 is 0. The van der Waals surface area contributed by atoms with Crippen LogP contribution in [0.15, 0.2) is 4.99 Å². The van der Waals surface area contributed by atoms with Gasteiger partial charge in [0.25, 0.3) is 0 Å². The first kappa shape index (κ1) is 17.2. The molecule has 1 heterocycles. The summed E-state index contributed by atoms with van der Waals surface area (Å²) in [5.41, 5.74) is 1.12. The molecule has 0 aromatic carbocycles. The van der Waals surface area contributed by atoms with Gasteiger partial charge in [-0.25, -0.2) is 9.98 Å². The van der Waals surface area contributed by atoms with Crippen LogP contribution in [0.1, 0.15) is 42.3 Å². The third kappa shape index (κ3) is 5.25. The molecule has 0 radical (unpaired) electrons. The van der Waals surface area contributed by atoms with Crippen molar-refractivity contribution in [3.63, 3.8) is 0 Å². The van der Waals surface area contributed by atoms with Crippen LogP contribution in [0, 0.1) is 13.8 Å². The fourth-order valence-electron chi connectivity index (χ4n) is 2.45. The zero-order valence-corrected chi connectivity index (χ0v) is 15.1. The lowest BCUT2D eigenvalue weighted by Crippen LogP contribution is -2.42. The summed E-state index contributed by atoms with van der Waals surface area (Å²) >= 11 is 1.74. The van der Waals surface area contributed by atoms with Crippen LogP contribution in [0.3, 0.4) is 0 Å². The van der Waals surface area contributed by atoms with E-state index in [4.69, 9.17) is 0 Å². The Morgan fingerprint density at radius 2 is 2.09 bits per heavy atom. The summed E-state index contributed by atoms with van der Waals surface area (Å²) in [6.07, 6.45) is 2.73. The quantitative estimate of drug-likeness (QED) is 0.569. The van der Waals surface area contributed by atoms with Crippen molar-refractivity contribution >= 4 is 17.3 Å². The van der Waals surface area contributed by atoms with E-state index in [-0.39, 0.29) is 0 Å². The summed E-state index contributed by atoms with van der Waals surface area (Å²) in [5.74, 6) is 0.889. The van der Waals surface area contributed by atoms with Gasteiger partial charge in [0, 0.05) is 30.6 Å². The Bertz CT molecular complexity index is 473. The number of aromatic nitrogens is 1. The maximum Gasteiger partial charge on any atom is 0.191 e. The molecule has 1 aliphatic rings. The first-order chi connectivity index (χ1) is 10.6. The monoisotopic (exact) mass is 323 g/mol. The molecular weight excluding hydrogens is 294 g/mol. The second-order valence-corrected chi connectivity index (χ2v) is 7.02. The first-order valence-corrected chi connectivity index (χ1v) is 9.14. The molecule has 6 heteroatoms. The molecule has 0 spiro atoms. The lowest BCUT2D eigenvalue weighted by Gasteiger charge is -2.20. The Morgan fingerprint density at radius 1 is 1.32 bits per heavy atom. The van der Waals surface area contributed by atoms with Gasteiger partial charge < -0.3 is 10.6 Å². The number of hydrogen-bond acceptors (Lipinski definition) is 4. The van der Waals surface area contributed by atoms with E-state index in [1.54, 1.807) is 11.3 Å². The van der Waals surface area contributed by atoms with E-state index in [9.17, 15) is 0 Å². The summed E-state index contributed by atoms with van der Waals surface area (Å²) in [4.78, 5) is 13.0. The minimum absolute atomic E-state index is 0.648. The number of guanidine groups is 1. The summed E-state index contributed by atoms with van der Waals surface area (Å²) in [6, 6.07) is 0.826. The second-order valence-electron chi connectivity index (χ2n) is 5.73. The number of aliphatic imine (C=N–C) groups is 1. The smallest absolute Gasteiger partial charge is 0.191 e. The van der Waals surface area contributed by atoms with Crippen molar-refractivity contribution in [3.8, 4) is 0 Å². The van der Waals surface area contributed by atoms with Crippen LogP contribution in [0.5, 0.6) is 0 Å². The largest absolute Gasteiger partial charge is 0.357 e. The van der Waals surface area contributed by atoms with Gasteiger partial charge in [-0.2, -0.15) is 0 Å². The van der Waals surface area contributed by atoms with Gasteiger partial charge in [-0.15, -0.1) is 11.3 Å². The third-order valence-corrected chi connectivity index (χ3v) is 5.01. The van der Waals surface area contributed by atoms with Crippen molar-refractivity contribution < 1.29 is 0 Å². The van der Waals surface area contributed by atoms with Crippen molar-refractivity contribution in [2.24, 2.45) is 4.99 Å². The highest BCUT2D eigenvalue weighted by Crippen LogP contribution is 2.25. The number of likely N-dealkylation sites (N-methyl/N-ethyl adjacent to an activating group) is 1. The summed E-state index contributed by atoms with van der Waals surface area (Å²) in [6.45, 7) is 13.2. The van der Waals surface area contributed by atoms with Crippen molar-refractivity contribution in [2.45, 2.75) is 53.1 Å². The highest BCUT2D eigenvalue weighted by molar-refractivity contribution is 7.11. The third-order valence-electron chi connectivity index (χ3n) is 3.95. The minimum Gasteiger partial charge on any atom is -0.357 e. The van der Waals surface area contributed by atoms with E-state index < -0.39 is 0 Å². The number of nitrogens with one attached hydrogen (secondary N) is 2. The van der Waals surface area contributed by atoms with Crippen molar-refractivity contribution in [1.82, 2.24) is 20.5 Å². The van der Waals surface area contributed by atoms with Gasteiger partial charge in [0.15, 0.2) is 5.96 Å². The molecule has 2 rings (SSSR count). The molecule has 2 N–H and O–H groups in total. The average molecular weight is 324 g/mol. The number of hydrogen-bond donors (Lipinski definition) is 2. The Hall–Kier alpha value is -1.14. The summed E-state index contributed by atoms with van der Waals surface area (Å²) in [5, 5.41) is 7.83. The fraction of sp³-hybridized carbons (Fsp3) is 0.750. The van der Waals surface area contributed by atoms with Crippen LogP contribution in [0.2, 0.25) is 0 Å². The van der Waals surface area contributed by atoms with E-state index in [0.717, 1.165) is 48.9 Å². The highest BCUT2D eigenvalue weighted by atomic mass is 32.1. The Morgan fingerprint density at radius 3 is 2.64 bits per heavy atom. The molecule has 1 aromatic heterocycles. The van der Waals surface area contributed by atoms with Crippen molar-refractivity contribution in [2.75, 3.05) is 26.2 Å². The van der Waals surface area contributed by atoms with Crippen LogP contribution in [-0.4, -0.2) is 48.1 Å². The number of nitrogens with zero attached hydrogens (tertiary/aromatic N) is 3. The molecule has 1 saturated carbocycles. The number of aryl methyl sites for hydroxylation is 2. The van der Waals surface area contributed by atoms with E-state index in [1.807, 2.05) is 0 Å². The van der Waals surface area contributed by atoms with Crippen molar-refractivity contribution in [1.29, 1.82) is 0 Å². The van der Waals surface area contributed by atoms with Crippen LogP contribution >= 0.6 is 11.3 Å². The Balaban J connectivity index is 1.81. The van der Waals surface area contributed by atoms with Gasteiger partial charge in [-0.3, -0.25) is 4.90 Å². The fourth-order valence-corrected chi connectivity index (χ4v) is 3.31. The van der Waals surface area contributed by atoms with Gasteiger partial charge in [0.1, 0.15) is 5.01 Å². The van der Waals surface area contributed by atoms with Crippen molar-refractivity contribution in [3.05, 3.63) is 15.6 Å². The molecule has 22 heavy (non-hydrogen) atoms. The molecular formula is C16H29N5S. The SMILES string of the molecule is CCNC(=NCc1nc(C)c(C)s1)NCCN(CC)C1CC1. The minimum atomic E-state index is 0.648. The predicted octanol–water partition coefficient (Wildman–Crippen LogP) is 2.30. The van der Waals surface area contributed by atoms with Crippen LogP contribution in [0.25, 0.3) is 0 Å². The topological polar surface area (TPSA) is 52.6 Å². The van der Waals surface area contributed by atoms with Gasteiger partial charge in [0.05, 0.1) is 12.2 Å². The van der Waals surface area contributed by atoms with E-state index in [0.29, 0.717) is 6.54 Å². The molecule has 0 unspecified atom stereocenters. The average Bonchev–Trinajstić information content (AvgIpc) is 3.28. The molecule has 1 aliphatic carbocycles. The Kier molecular flexibility index (Phi) is 6.64. The van der Waals surface area contributed by atoms with Crippen LogP contribution < -0.4 is 10.6 Å².